The molecule has 1 aliphatic rings. The Kier molecular flexibility index (Phi) is 6.28. The van der Waals surface area contributed by atoms with Gasteiger partial charge in [0.2, 0.25) is 0 Å². The van der Waals surface area contributed by atoms with Crippen molar-refractivity contribution < 1.29 is 9.47 Å². The minimum atomic E-state index is 0.718. The molecule has 0 unspecified atom stereocenters. The van der Waals surface area contributed by atoms with Gasteiger partial charge in [0.1, 0.15) is 0 Å². The maximum atomic E-state index is 6.70. The van der Waals surface area contributed by atoms with E-state index in [1.54, 1.807) is 0 Å². The fraction of sp³-hybridized carbons (Fsp3) is 0. The summed E-state index contributed by atoms with van der Waals surface area (Å²) in [6.45, 7) is 0. The lowest BCUT2D eigenvalue weighted by atomic mass is 9.85. The van der Waals surface area contributed by atoms with Crippen molar-refractivity contribution in [2.45, 2.75) is 0 Å². The number of ether oxygens (including phenoxy) is 2. The highest BCUT2D eigenvalue weighted by atomic mass is 16.6. The minimum absolute atomic E-state index is 0.718. The molecule has 0 aromatic heterocycles. The fourth-order valence-electron chi connectivity index (χ4n) is 8.28. The van der Waals surface area contributed by atoms with E-state index in [2.05, 4.69) is 170 Å². The number of hydrogen-bond acceptors (Lipinski definition) is 2. The van der Waals surface area contributed by atoms with Crippen LogP contribution in [0.4, 0.5) is 0 Å². The van der Waals surface area contributed by atoms with Crippen LogP contribution < -0.4 is 9.47 Å². The summed E-state index contributed by atoms with van der Waals surface area (Å²) in [6.07, 6.45) is 0. The first-order chi connectivity index (χ1) is 25.8. The zero-order valence-corrected chi connectivity index (χ0v) is 28.1. The molecule has 0 spiro atoms. The first-order valence-corrected chi connectivity index (χ1v) is 17.8. The van der Waals surface area contributed by atoms with Crippen molar-refractivity contribution in [1.82, 2.24) is 0 Å². The van der Waals surface area contributed by atoms with Crippen LogP contribution in [-0.4, -0.2) is 0 Å². The minimum Gasteiger partial charge on any atom is -0.449 e. The van der Waals surface area contributed by atoms with Gasteiger partial charge in [-0.25, -0.2) is 0 Å². The highest BCUT2D eigenvalue weighted by molar-refractivity contribution is 6.22. The van der Waals surface area contributed by atoms with Crippen LogP contribution in [0, 0.1) is 0 Å². The Morgan fingerprint density at radius 1 is 0.250 bits per heavy atom. The maximum Gasteiger partial charge on any atom is 0.178 e. The van der Waals surface area contributed by atoms with Gasteiger partial charge in [0.05, 0.1) is 0 Å². The van der Waals surface area contributed by atoms with E-state index in [4.69, 9.17) is 9.47 Å². The summed E-state index contributed by atoms with van der Waals surface area (Å²) in [4.78, 5) is 0. The van der Waals surface area contributed by atoms with E-state index in [0.717, 1.165) is 55.7 Å². The van der Waals surface area contributed by atoms with Gasteiger partial charge in [-0.2, -0.15) is 0 Å². The number of hydrogen-bond donors (Lipinski definition) is 0. The van der Waals surface area contributed by atoms with E-state index in [-0.39, 0.29) is 0 Å². The molecule has 1 heterocycles. The molecule has 10 aromatic carbocycles. The fourth-order valence-corrected chi connectivity index (χ4v) is 8.28. The monoisotopic (exact) mass is 662 g/mol. The van der Waals surface area contributed by atoms with Gasteiger partial charge in [-0.05, 0) is 94.7 Å². The van der Waals surface area contributed by atoms with Crippen molar-refractivity contribution in [3.05, 3.63) is 182 Å². The van der Waals surface area contributed by atoms with E-state index in [1.807, 2.05) is 12.1 Å². The second-order valence-electron chi connectivity index (χ2n) is 13.6. The van der Waals surface area contributed by atoms with Crippen LogP contribution >= 0.6 is 0 Å². The number of benzene rings is 10. The van der Waals surface area contributed by atoms with Gasteiger partial charge < -0.3 is 9.47 Å². The predicted molar refractivity (Wildman–Crippen MR) is 217 cm³/mol. The maximum absolute atomic E-state index is 6.70. The van der Waals surface area contributed by atoms with Crippen molar-refractivity contribution in [2.24, 2.45) is 0 Å². The molecule has 0 amide bonds. The zero-order chi connectivity index (χ0) is 34.2. The summed E-state index contributed by atoms with van der Waals surface area (Å²) in [6, 6.07) is 65.0. The molecule has 10 aromatic rings. The van der Waals surface area contributed by atoms with Crippen LogP contribution in [0.2, 0.25) is 0 Å². The third-order valence-corrected chi connectivity index (χ3v) is 10.7. The Balaban J connectivity index is 1.01. The Morgan fingerprint density at radius 2 is 0.673 bits per heavy atom. The Bertz CT molecular complexity index is 3010. The van der Waals surface area contributed by atoms with Gasteiger partial charge in [0.15, 0.2) is 23.0 Å². The van der Waals surface area contributed by atoms with E-state index in [0.29, 0.717) is 0 Å². The highest BCUT2D eigenvalue weighted by Gasteiger charge is 2.25. The van der Waals surface area contributed by atoms with E-state index in [9.17, 15) is 0 Å². The molecular weight excluding hydrogens is 633 g/mol. The smallest absolute Gasteiger partial charge is 0.178 e. The first-order valence-electron chi connectivity index (χ1n) is 17.8. The Morgan fingerprint density at radius 3 is 1.27 bits per heavy atom. The van der Waals surface area contributed by atoms with Gasteiger partial charge in [0, 0.05) is 10.8 Å². The molecule has 0 N–H and O–H groups in total. The normalized spacial score (nSPS) is 12.2. The van der Waals surface area contributed by atoms with Gasteiger partial charge in [-0.1, -0.05) is 164 Å². The Labute approximate surface area is 300 Å². The standard InChI is InChI=1S/C50H30O2/c1-2-12-34-29-36(26-23-31(34)11-1)48-41-17-7-5-15-39(41)47(40-16-6-8-18-42(40)48)33-24-21-32(22-25-33)35-27-28-45-46(30-35)52-50-44-20-10-4-14-38(44)37-13-3-9-19-43(37)49(50)51-45/h1-30H. The largest absolute Gasteiger partial charge is 0.449 e. The molecule has 2 nitrogen and oxygen atoms in total. The van der Waals surface area contributed by atoms with Crippen molar-refractivity contribution in [2.75, 3.05) is 0 Å². The van der Waals surface area contributed by atoms with Gasteiger partial charge in [0.25, 0.3) is 0 Å². The second kappa shape index (κ2) is 11.3. The van der Waals surface area contributed by atoms with Crippen molar-refractivity contribution >= 4 is 53.9 Å². The third-order valence-electron chi connectivity index (χ3n) is 10.7. The average molecular weight is 663 g/mol. The molecule has 1 aliphatic heterocycles. The molecule has 0 radical (unpaired) electrons. The van der Waals surface area contributed by atoms with Crippen LogP contribution in [-0.2, 0) is 0 Å². The van der Waals surface area contributed by atoms with E-state index >= 15 is 0 Å². The quantitative estimate of drug-likeness (QED) is 0.138. The lowest BCUT2D eigenvalue weighted by molar-refractivity contribution is 0.367. The van der Waals surface area contributed by atoms with Crippen LogP contribution in [0.3, 0.4) is 0 Å². The molecule has 0 saturated carbocycles. The molecule has 2 heteroatoms. The zero-order valence-electron chi connectivity index (χ0n) is 28.1. The van der Waals surface area contributed by atoms with Gasteiger partial charge in [-0.3, -0.25) is 0 Å². The lowest BCUT2D eigenvalue weighted by Crippen LogP contribution is -2.01. The third kappa shape index (κ3) is 4.38. The molecule has 0 saturated heterocycles. The van der Waals surface area contributed by atoms with E-state index in [1.165, 1.54) is 54.6 Å². The molecule has 242 valence electrons. The van der Waals surface area contributed by atoms with Crippen molar-refractivity contribution in [3.8, 4) is 56.4 Å². The topological polar surface area (TPSA) is 18.5 Å². The molecule has 0 aliphatic carbocycles. The van der Waals surface area contributed by atoms with Crippen molar-refractivity contribution in [1.29, 1.82) is 0 Å². The molecule has 0 atom stereocenters. The molecule has 52 heavy (non-hydrogen) atoms. The molecule has 0 fully saturated rings. The van der Waals surface area contributed by atoms with E-state index < -0.39 is 0 Å². The Hall–Kier alpha value is -6.90. The summed E-state index contributed by atoms with van der Waals surface area (Å²) in [5.41, 5.74) is 7.13. The van der Waals surface area contributed by atoms with Crippen LogP contribution in [0.1, 0.15) is 0 Å². The second-order valence-corrected chi connectivity index (χ2v) is 13.6. The van der Waals surface area contributed by atoms with Crippen LogP contribution in [0.25, 0.3) is 87.2 Å². The predicted octanol–water partition coefficient (Wildman–Crippen LogP) is 14.4. The highest BCUT2D eigenvalue weighted by Crippen LogP contribution is 2.53. The number of fused-ring (bicyclic) bond motifs is 10. The van der Waals surface area contributed by atoms with Gasteiger partial charge in [-0.15, -0.1) is 0 Å². The summed E-state index contributed by atoms with van der Waals surface area (Å²) >= 11 is 0. The van der Waals surface area contributed by atoms with Crippen LogP contribution in [0.15, 0.2) is 182 Å². The molecular formula is C50H30O2. The summed E-state index contributed by atoms with van der Waals surface area (Å²) in [5, 5.41) is 11.9. The molecule has 11 rings (SSSR count). The molecule has 0 bridgehead atoms. The van der Waals surface area contributed by atoms with Gasteiger partial charge >= 0.3 is 0 Å². The van der Waals surface area contributed by atoms with Crippen molar-refractivity contribution in [3.63, 3.8) is 0 Å². The summed E-state index contributed by atoms with van der Waals surface area (Å²) < 4.78 is 13.3. The first kappa shape index (κ1) is 28.9. The SMILES string of the molecule is c1ccc2cc(-c3c4ccccc4c(-c4ccc(-c5ccc6c(c5)Oc5c(c7ccccc7c7ccccc57)O6)cc4)c4ccccc34)ccc2c1. The lowest BCUT2D eigenvalue weighted by Gasteiger charge is -2.24. The number of rotatable bonds is 3. The average Bonchev–Trinajstić information content (AvgIpc) is 3.22. The summed E-state index contributed by atoms with van der Waals surface area (Å²) in [5.74, 6) is 2.97. The van der Waals surface area contributed by atoms with Crippen LogP contribution in [0.5, 0.6) is 23.0 Å². The summed E-state index contributed by atoms with van der Waals surface area (Å²) in [7, 11) is 0.